The number of carbonyl (C=O) groups excluding carboxylic acids is 1. The number of hydrogen-bond donors (Lipinski definition) is 2. The van der Waals surface area contributed by atoms with Gasteiger partial charge in [-0.1, -0.05) is 13.2 Å². The molecule has 0 heterocycles. The van der Waals surface area contributed by atoms with Crippen molar-refractivity contribution >= 4 is 30.3 Å². The summed E-state index contributed by atoms with van der Waals surface area (Å²) in [6.07, 6.45) is 0.638. The van der Waals surface area contributed by atoms with Crippen molar-refractivity contribution in [3.63, 3.8) is 0 Å². The summed E-state index contributed by atoms with van der Waals surface area (Å²) in [5.74, 6) is -2.80. The van der Waals surface area contributed by atoms with E-state index < -0.39 is 18.4 Å². The van der Waals surface area contributed by atoms with E-state index in [9.17, 15) is 14.4 Å². The van der Waals surface area contributed by atoms with Crippen LogP contribution in [0.4, 0.5) is 0 Å². The maximum atomic E-state index is 10.1. The minimum Gasteiger partial charge on any atom is -0.481 e. The molecule has 0 saturated carbocycles. The van der Waals surface area contributed by atoms with Crippen LogP contribution < -0.4 is 0 Å². The number of esters is 1. The number of halogens is 1. The van der Waals surface area contributed by atoms with E-state index >= 15 is 0 Å². The summed E-state index contributed by atoms with van der Waals surface area (Å²) in [6, 6.07) is 0. The van der Waals surface area contributed by atoms with Gasteiger partial charge >= 0.3 is 17.9 Å². The largest absolute Gasteiger partial charge is 0.481 e. The maximum absolute atomic E-state index is 10.1. The van der Waals surface area contributed by atoms with Crippen molar-refractivity contribution in [2.24, 2.45) is 0 Å². The van der Waals surface area contributed by atoms with Crippen molar-refractivity contribution in [3.8, 4) is 0 Å². The second-order valence-corrected chi connectivity index (χ2v) is 2.44. The molecule has 0 aromatic rings. The van der Waals surface area contributed by atoms with Gasteiger partial charge in [-0.3, -0.25) is 4.79 Å². The third-order valence-electron chi connectivity index (χ3n) is 1.12. The fourth-order valence-electron chi connectivity index (χ4n) is 0.459. The lowest BCUT2D eigenvalue weighted by Crippen LogP contribution is -2.04. The van der Waals surface area contributed by atoms with Crippen LogP contribution in [0.5, 0.6) is 0 Å². The lowest BCUT2D eigenvalue weighted by Gasteiger charge is -1.91. The van der Waals surface area contributed by atoms with Gasteiger partial charge < -0.3 is 14.9 Å². The fraction of sp³-hybridized carbons (Fsp3) is 0.300. The molecule has 6 nitrogen and oxygen atoms in total. The standard InChI is InChI=1S/C5H6O4.C5H8O2.ClH/c1-3(5(8)9)2-4(6)7;1-3-5(6)7-4-2;/h1-2H2,(H,6,7)(H,8,9);3H,1,4H2,2H3;1H. The van der Waals surface area contributed by atoms with E-state index in [2.05, 4.69) is 17.9 Å². The lowest BCUT2D eigenvalue weighted by molar-refractivity contribution is -0.139. The fourth-order valence-corrected chi connectivity index (χ4v) is 0.459. The van der Waals surface area contributed by atoms with Gasteiger partial charge in [-0.2, -0.15) is 0 Å². The predicted molar refractivity (Wildman–Crippen MR) is 63.1 cm³/mol. The molecule has 0 aromatic heterocycles. The van der Waals surface area contributed by atoms with E-state index in [1.807, 2.05) is 0 Å². The Bertz CT molecular complexity index is 297. The van der Waals surface area contributed by atoms with Gasteiger partial charge in [0.15, 0.2) is 0 Å². The quantitative estimate of drug-likeness (QED) is 0.574. The summed E-state index contributed by atoms with van der Waals surface area (Å²) >= 11 is 0. The summed E-state index contributed by atoms with van der Waals surface area (Å²) < 4.78 is 4.43. The first kappa shape index (κ1) is 20.6. The Morgan fingerprint density at radius 1 is 1.29 bits per heavy atom. The molecule has 17 heavy (non-hydrogen) atoms. The van der Waals surface area contributed by atoms with Crippen LogP contribution in [0.25, 0.3) is 0 Å². The molecule has 98 valence electrons. The molecular weight excluding hydrogens is 252 g/mol. The van der Waals surface area contributed by atoms with E-state index in [1.165, 1.54) is 0 Å². The Labute approximate surface area is 105 Å². The molecule has 0 unspecified atom stereocenters. The second-order valence-electron chi connectivity index (χ2n) is 2.44. The van der Waals surface area contributed by atoms with Crippen LogP contribution >= 0.6 is 12.4 Å². The molecule has 0 bridgehead atoms. The molecular formula is C10H15ClO6. The first-order valence-electron chi connectivity index (χ1n) is 4.27. The molecule has 0 aliphatic carbocycles. The number of carboxylic acid groups (broad SMARTS) is 2. The molecule has 7 heteroatoms. The molecule has 0 aliphatic heterocycles. The number of hydrogen-bond acceptors (Lipinski definition) is 4. The first-order valence-corrected chi connectivity index (χ1v) is 4.27. The number of carboxylic acids is 2. The van der Waals surface area contributed by atoms with E-state index in [1.54, 1.807) is 6.92 Å². The Morgan fingerprint density at radius 3 is 1.88 bits per heavy atom. The third-order valence-corrected chi connectivity index (χ3v) is 1.12. The summed E-state index contributed by atoms with van der Waals surface area (Å²) in [4.78, 5) is 29.7. The molecule has 2 N–H and O–H groups in total. The van der Waals surface area contributed by atoms with Crippen molar-refractivity contribution in [2.45, 2.75) is 13.3 Å². The average Bonchev–Trinajstić information content (AvgIpc) is 2.18. The van der Waals surface area contributed by atoms with Crippen LogP contribution in [0.2, 0.25) is 0 Å². The molecule has 0 saturated heterocycles. The molecule has 0 aromatic carbocycles. The first-order chi connectivity index (χ1) is 7.34. The van der Waals surface area contributed by atoms with Gasteiger partial charge in [0.1, 0.15) is 0 Å². The highest BCUT2D eigenvalue weighted by Crippen LogP contribution is 1.95. The molecule has 0 amide bonds. The molecule has 0 rings (SSSR count). The van der Waals surface area contributed by atoms with Crippen LogP contribution in [0.15, 0.2) is 24.8 Å². The zero-order valence-corrected chi connectivity index (χ0v) is 10.2. The van der Waals surface area contributed by atoms with E-state index in [4.69, 9.17) is 10.2 Å². The topological polar surface area (TPSA) is 101 Å². The van der Waals surface area contributed by atoms with Crippen molar-refractivity contribution < 1.29 is 29.3 Å². The maximum Gasteiger partial charge on any atom is 0.331 e. The van der Waals surface area contributed by atoms with Gasteiger partial charge in [0, 0.05) is 11.6 Å². The van der Waals surface area contributed by atoms with Gasteiger partial charge in [-0.15, -0.1) is 12.4 Å². The molecule has 0 spiro atoms. The zero-order chi connectivity index (χ0) is 13.1. The third kappa shape index (κ3) is 16.8. The molecule has 0 atom stereocenters. The van der Waals surface area contributed by atoms with Crippen LogP contribution in [0.3, 0.4) is 0 Å². The van der Waals surface area contributed by atoms with Gasteiger partial charge in [0.25, 0.3) is 0 Å². The summed E-state index contributed by atoms with van der Waals surface area (Å²) in [5, 5.41) is 16.1. The van der Waals surface area contributed by atoms with Crippen LogP contribution in [-0.2, 0) is 19.1 Å². The molecule has 0 fully saturated rings. The van der Waals surface area contributed by atoms with Crippen molar-refractivity contribution in [3.05, 3.63) is 24.8 Å². The van der Waals surface area contributed by atoms with Crippen LogP contribution in [0.1, 0.15) is 13.3 Å². The minimum atomic E-state index is -1.27. The number of ether oxygens (including phenoxy) is 1. The Balaban J connectivity index is -0.000000224. The number of aliphatic carboxylic acids is 2. The summed E-state index contributed by atoms with van der Waals surface area (Å²) in [6.45, 7) is 8.39. The smallest absolute Gasteiger partial charge is 0.331 e. The van der Waals surface area contributed by atoms with Gasteiger partial charge in [-0.05, 0) is 6.92 Å². The Morgan fingerprint density at radius 2 is 1.76 bits per heavy atom. The normalized spacial score (nSPS) is 7.59. The van der Waals surface area contributed by atoms with Crippen molar-refractivity contribution in [2.75, 3.05) is 6.61 Å². The van der Waals surface area contributed by atoms with Gasteiger partial charge in [0.2, 0.25) is 0 Å². The molecule has 0 aliphatic rings. The van der Waals surface area contributed by atoms with E-state index in [0.29, 0.717) is 6.61 Å². The van der Waals surface area contributed by atoms with Gasteiger partial charge in [0.05, 0.1) is 13.0 Å². The van der Waals surface area contributed by atoms with Crippen molar-refractivity contribution in [1.82, 2.24) is 0 Å². The summed E-state index contributed by atoms with van der Waals surface area (Å²) in [5.41, 5.74) is -0.303. The average molecular weight is 267 g/mol. The molecule has 0 radical (unpaired) electrons. The van der Waals surface area contributed by atoms with E-state index in [0.717, 1.165) is 6.08 Å². The van der Waals surface area contributed by atoms with Crippen molar-refractivity contribution in [1.29, 1.82) is 0 Å². The Kier molecular flexibility index (Phi) is 14.8. The number of rotatable bonds is 5. The predicted octanol–water partition coefficient (Wildman–Crippen LogP) is 1.26. The number of carbonyl (C=O) groups is 3. The minimum absolute atomic E-state index is 0. The van der Waals surface area contributed by atoms with Gasteiger partial charge in [-0.25, -0.2) is 9.59 Å². The van der Waals surface area contributed by atoms with E-state index in [-0.39, 0.29) is 23.9 Å². The zero-order valence-electron chi connectivity index (χ0n) is 9.34. The van der Waals surface area contributed by atoms with Crippen LogP contribution in [-0.4, -0.2) is 34.7 Å². The lowest BCUT2D eigenvalue weighted by atomic mass is 10.2. The van der Waals surface area contributed by atoms with Crippen LogP contribution in [0, 0.1) is 0 Å². The highest BCUT2D eigenvalue weighted by molar-refractivity contribution is 5.91. The Hall–Kier alpha value is -1.82. The SMILES string of the molecule is C=C(CC(=O)O)C(=O)O.C=CC(=O)OCC.Cl. The summed E-state index contributed by atoms with van der Waals surface area (Å²) in [7, 11) is 0. The highest BCUT2D eigenvalue weighted by atomic mass is 35.5. The highest BCUT2D eigenvalue weighted by Gasteiger charge is 2.07. The second kappa shape index (κ2) is 12.3. The monoisotopic (exact) mass is 266 g/mol.